The minimum Gasteiger partial charge on any atom is -0.372 e. The Morgan fingerprint density at radius 3 is 1.96 bits per heavy atom. The van der Waals surface area contributed by atoms with Crippen molar-refractivity contribution < 1.29 is 14.4 Å². The first-order valence-electron chi connectivity index (χ1n) is 9.10. The number of nitrogens with zero attached hydrogens (tertiary/aromatic N) is 2. The average Bonchev–Trinajstić information content (AvgIpc) is 2.94. The molecule has 0 radical (unpaired) electrons. The molecule has 0 saturated heterocycles. The van der Waals surface area contributed by atoms with E-state index in [1.54, 1.807) is 31.2 Å². The predicted octanol–water partition coefficient (Wildman–Crippen LogP) is 3.16. The van der Waals surface area contributed by atoms with Gasteiger partial charge in [0.2, 0.25) is 5.91 Å². The molecule has 3 rings (SSSR count). The number of anilines is 2. The number of imide groups is 1. The number of nitrogens with one attached hydrogen (secondary N) is 1. The van der Waals surface area contributed by atoms with Crippen molar-refractivity contribution in [2.75, 3.05) is 23.3 Å². The maximum Gasteiger partial charge on any atom is 0.262 e. The van der Waals surface area contributed by atoms with Crippen molar-refractivity contribution in [3.63, 3.8) is 0 Å². The number of amides is 3. The van der Waals surface area contributed by atoms with E-state index in [4.69, 9.17) is 0 Å². The molecule has 6 nitrogen and oxygen atoms in total. The van der Waals surface area contributed by atoms with Crippen LogP contribution in [0.2, 0.25) is 0 Å². The van der Waals surface area contributed by atoms with Gasteiger partial charge >= 0.3 is 0 Å². The summed E-state index contributed by atoms with van der Waals surface area (Å²) in [6.45, 7) is 7.53. The van der Waals surface area contributed by atoms with E-state index in [0.29, 0.717) is 16.8 Å². The molecule has 0 saturated carbocycles. The van der Waals surface area contributed by atoms with E-state index in [9.17, 15) is 14.4 Å². The Labute approximate surface area is 158 Å². The van der Waals surface area contributed by atoms with Crippen LogP contribution < -0.4 is 10.2 Å². The lowest BCUT2D eigenvalue weighted by Gasteiger charge is -2.23. The number of benzene rings is 2. The van der Waals surface area contributed by atoms with Crippen LogP contribution in [-0.2, 0) is 4.79 Å². The SMILES string of the molecule is CCN(CC)c1ccc(NC(=O)C(C)N2C(=O)c3ccccc3C2=O)cc1. The summed E-state index contributed by atoms with van der Waals surface area (Å²) in [6, 6.07) is 13.2. The molecule has 1 aliphatic heterocycles. The highest BCUT2D eigenvalue weighted by Gasteiger charge is 2.40. The third-order valence-corrected chi connectivity index (χ3v) is 4.86. The molecule has 6 heteroatoms. The molecule has 0 bridgehead atoms. The third kappa shape index (κ3) is 3.43. The zero-order chi connectivity index (χ0) is 19.6. The smallest absolute Gasteiger partial charge is 0.262 e. The molecular formula is C21H23N3O3. The zero-order valence-corrected chi connectivity index (χ0v) is 15.7. The summed E-state index contributed by atoms with van der Waals surface area (Å²) in [5.41, 5.74) is 2.38. The average molecular weight is 365 g/mol. The van der Waals surface area contributed by atoms with E-state index >= 15 is 0 Å². The fourth-order valence-electron chi connectivity index (χ4n) is 3.27. The second kappa shape index (κ2) is 7.61. The Morgan fingerprint density at radius 1 is 0.963 bits per heavy atom. The summed E-state index contributed by atoms with van der Waals surface area (Å²) >= 11 is 0. The molecule has 2 aromatic rings. The molecule has 2 aromatic carbocycles. The largest absolute Gasteiger partial charge is 0.372 e. The van der Waals surface area contributed by atoms with E-state index < -0.39 is 23.8 Å². The molecule has 1 unspecified atom stereocenters. The summed E-state index contributed by atoms with van der Waals surface area (Å²) in [4.78, 5) is 40.8. The second-order valence-electron chi connectivity index (χ2n) is 6.41. The number of fused-ring (bicyclic) bond motifs is 1. The second-order valence-corrected chi connectivity index (χ2v) is 6.41. The van der Waals surface area contributed by atoms with E-state index in [0.717, 1.165) is 23.7 Å². The highest BCUT2D eigenvalue weighted by atomic mass is 16.2. The first-order chi connectivity index (χ1) is 13.0. The van der Waals surface area contributed by atoms with Gasteiger partial charge in [-0.15, -0.1) is 0 Å². The van der Waals surface area contributed by atoms with Crippen LogP contribution in [-0.4, -0.2) is 41.8 Å². The van der Waals surface area contributed by atoms with Gasteiger partial charge in [0.15, 0.2) is 0 Å². The summed E-state index contributed by atoms with van der Waals surface area (Å²) in [7, 11) is 0. The number of hydrogen-bond acceptors (Lipinski definition) is 4. The molecule has 1 N–H and O–H groups in total. The van der Waals surface area contributed by atoms with Crippen LogP contribution in [0.4, 0.5) is 11.4 Å². The number of carbonyl (C=O) groups excluding carboxylic acids is 3. The molecule has 1 atom stereocenters. The fraction of sp³-hybridized carbons (Fsp3) is 0.286. The lowest BCUT2D eigenvalue weighted by atomic mass is 10.1. The first kappa shape index (κ1) is 18.6. The van der Waals surface area contributed by atoms with E-state index in [-0.39, 0.29) is 0 Å². The minimum atomic E-state index is -0.903. The van der Waals surface area contributed by atoms with Gasteiger partial charge in [-0.05, 0) is 57.2 Å². The van der Waals surface area contributed by atoms with Crippen LogP contribution in [0.5, 0.6) is 0 Å². The number of carbonyl (C=O) groups is 3. The van der Waals surface area contributed by atoms with Crippen molar-refractivity contribution in [3.8, 4) is 0 Å². The van der Waals surface area contributed by atoms with Crippen LogP contribution in [0, 0.1) is 0 Å². The fourth-order valence-corrected chi connectivity index (χ4v) is 3.27. The van der Waals surface area contributed by atoms with Crippen LogP contribution in [0.15, 0.2) is 48.5 Å². The highest BCUT2D eigenvalue weighted by Crippen LogP contribution is 2.25. The van der Waals surface area contributed by atoms with Gasteiger partial charge in [-0.25, -0.2) is 0 Å². The number of rotatable bonds is 6. The predicted molar refractivity (Wildman–Crippen MR) is 105 cm³/mol. The van der Waals surface area contributed by atoms with Gasteiger partial charge in [-0.3, -0.25) is 19.3 Å². The molecule has 1 heterocycles. The lowest BCUT2D eigenvalue weighted by Crippen LogP contribution is -2.45. The van der Waals surface area contributed by atoms with Crippen LogP contribution >= 0.6 is 0 Å². The quantitative estimate of drug-likeness (QED) is 0.799. The van der Waals surface area contributed by atoms with Crippen molar-refractivity contribution in [2.45, 2.75) is 26.8 Å². The highest BCUT2D eigenvalue weighted by molar-refractivity contribution is 6.23. The minimum absolute atomic E-state index is 0.339. The van der Waals surface area contributed by atoms with E-state index in [2.05, 4.69) is 24.1 Å². The molecule has 3 amide bonds. The lowest BCUT2D eigenvalue weighted by molar-refractivity contribution is -0.119. The van der Waals surface area contributed by atoms with Gasteiger partial charge in [-0.2, -0.15) is 0 Å². The standard InChI is InChI=1S/C21H23N3O3/c1-4-23(5-2)16-12-10-15(11-13-16)22-19(25)14(3)24-20(26)17-8-6-7-9-18(17)21(24)27/h6-14H,4-5H2,1-3H3,(H,22,25). The Morgan fingerprint density at radius 2 is 1.48 bits per heavy atom. The van der Waals surface area contributed by atoms with Crippen molar-refractivity contribution in [1.29, 1.82) is 0 Å². The van der Waals surface area contributed by atoms with Gasteiger partial charge < -0.3 is 10.2 Å². The Balaban J connectivity index is 1.72. The summed E-state index contributed by atoms with van der Waals surface area (Å²) in [5, 5.41) is 2.79. The monoisotopic (exact) mass is 365 g/mol. The first-order valence-corrected chi connectivity index (χ1v) is 9.10. The Hall–Kier alpha value is -3.15. The molecule has 0 aliphatic carbocycles. The molecule has 140 valence electrons. The molecule has 0 aromatic heterocycles. The van der Waals surface area contributed by atoms with Gasteiger partial charge in [0.05, 0.1) is 11.1 Å². The van der Waals surface area contributed by atoms with Gasteiger partial charge in [0, 0.05) is 24.5 Å². The molecule has 27 heavy (non-hydrogen) atoms. The number of hydrogen-bond donors (Lipinski definition) is 1. The van der Waals surface area contributed by atoms with Gasteiger partial charge in [-0.1, -0.05) is 12.1 Å². The normalized spacial score (nSPS) is 14.1. The molecule has 0 fully saturated rings. The van der Waals surface area contributed by atoms with Gasteiger partial charge in [0.1, 0.15) is 6.04 Å². The van der Waals surface area contributed by atoms with Crippen molar-refractivity contribution in [1.82, 2.24) is 4.90 Å². The van der Waals surface area contributed by atoms with Gasteiger partial charge in [0.25, 0.3) is 11.8 Å². The zero-order valence-electron chi connectivity index (χ0n) is 15.7. The maximum atomic E-state index is 12.6. The van der Waals surface area contributed by atoms with Crippen molar-refractivity contribution >= 4 is 29.1 Å². The van der Waals surface area contributed by atoms with Crippen LogP contribution in [0.25, 0.3) is 0 Å². The summed E-state index contributed by atoms with van der Waals surface area (Å²) in [6.07, 6.45) is 0. The van der Waals surface area contributed by atoms with Crippen LogP contribution in [0.1, 0.15) is 41.5 Å². The Bertz CT molecular complexity index is 837. The van der Waals surface area contributed by atoms with Crippen LogP contribution in [0.3, 0.4) is 0 Å². The molecule has 0 spiro atoms. The topological polar surface area (TPSA) is 69.7 Å². The maximum absolute atomic E-state index is 12.6. The van der Waals surface area contributed by atoms with Crippen molar-refractivity contribution in [3.05, 3.63) is 59.7 Å². The van der Waals surface area contributed by atoms with E-state index in [1.807, 2.05) is 24.3 Å². The molecular weight excluding hydrogens is 342 g/mol. The Kier molecular flexibility index (Phi) is 5.26. The van der Waals surface area contributed by atoms with Crippen molar-refractivity contribution in [2.24, 2.45) is 0 Å². The molecule has 1 aliphatic rings. The van der Waals surface area contributed by atoms with E-state index in [1.165, 1.54) is 0 Å². The third-order valence-electron chi connectivity index (χ3n) is 4.86. The summed E-state index contributed by atoms with van der Waals surface area (Å²) in [5.74, 6) is -1.27. The summed E-state index contributed by atoms with van der Waals surface area (Å²) < 4.78 is 0.